The van der Waals surface area contributed by atoms with Crippen molar-refractivity contribution in [3.63, 3.8) is 0 Å². The van der Waals surface area contributed by atoms with Crippen LogP contribution in [-0.4, -0.2) is 0 Å². The number of benzene rings is 10. The minimum Gasteiger partial charge on any atom is -0.310 e. The highest BCUT2D eigenvalue weighted by molar-refractivity contribution is 6.08. The lowest BCUT2D eigenvalue weighted by molar-refractivity contribution is 0.660. The van der Waals surface area contributed by atoms with Crippen molar-refractivity contribution in [1.29, 1.82) is 0 Å². The minimum atomic E-state index is -0.423. The molecule has 3 aliphatic rings. The first kappa shape index (κ1) is 34.4. The van der Waals surface area contributed by atoms with Crippen molar-refractivity contribution in [2.75, 3.05) is 4.90 Å². The Labute approximate surface area is 356 Å². The highest BCUT2D eigenvalue weighted by atomic mass is 15.1. The van der Waals surface area contributed by atoms with Crippen molar-refractivity contribution in [2.45, 2.75) is 24.7 Å². The Morgan fingerprint density at radius 2 is 0.852 bits per heavy atom. The summed E-state index contributed by atoms with van der Waals surface area (Å²) in [5, 5.41) is 5.11. The Hall–Kier alpha value is -7.48. The average molecular weight is 776 g/mol. The maximum atomic E-state index is 2.52. The third kappa shape index (κ3) is 4.61. The molecular formula is C60H41N. The molecule has 0 radical (unpaired) electrons. The zero-order valence-corrected chi connectivity index (χ0v) is 34.2. The highest BCUT2D eigenvalue weighted by Crippen LogP contribution is 2.65. The molecule has 0 saturated carbocycles. The quantitative estimate of drug-likeness (QED) is 0.161. The smallest absolute Gasteiger partial charge is 0.0726 e. The van der Waals surface area contributed by atoms with Crippen molar-refractivity contribution in [3.05, 3.63) is 246 Å². The molecule has 0 heterocycles. The summed E-state index contributed by atoms with van der Waals surface area (Å²) < 4.78 is 0. The Kier molecular flexibility index (Phi) is 7.06. The maximum Gasteiger partial charge on any atom is 0.0726 e. The Balaban J connectivity index is 1.03. The van der Waals surface area contributed by atoms with Crippen LogP contribution in [0.1, 0.15) is 47.2 Å². The number of fused-ring (bicyclic) bond motifs is 16. The first-order valence-electron chi connectivity index (χ1n) is 21.5. The van der Waals surface area contributed by atoms with Crippen LogP contribution >= 0.6 is 0 Å². The lowest BCUT2D eigenvalue weighted by atomic mass is 9.70. The van der Waals surface area contributed by atoms with Gasteiger partial charge in [-0.1, -0.05) is 190 Å². The molecule has 1 heteroatoms. The summed E-state index contributed by atoms with van der Waals surface area (Å²) in [4.78, 5) is 2.52. The van der Waals surface area contributed by atoms with Gasteiger partial charge in [-0.3, -0.25) is 0 Å². The molecule has 0 saturated heterocycles. The van der Waals surface area contributed by atoms with Crippen molar-refractivity contribution in [1.82, 2.24) is 0 Å². The van der Waals surface area contributed by atoms with E-state index in [1.165, 1.54) is 105 Å². The predicted octanol–water partition coefficient (Wildman–Crippen LogP) is 15.8. The predicted molar refractivity (Wildman–Crippen MR) is 255 cm³/mol. The second-order valence-electron chi connectivity index (χ2n) is 17.6. The second kappa shape index (κ2) is 12.5. The number of hydrogen-bond acceptors (Lipinski definition) is 1. The molecule has 0 fully saturated rings. The first-order valence-corrected chi connectivity index (χ1v) is 21.5. The molecule has 10 aromatic carbocycles. The molecule has 0 aromatic heterocycles. The third-order valence-corrected chi connectivity index (χ3v) is 14.3. The van der Waals surface area contributed by atoms with Crippen LogP contribution in [0.4, 0.5) is 17.1 Å². The molecule has 0 N–H and O–H groups in total. The first-order chi connectivity index (χ1) is 30.0. The maximum absolute atomic E-state index is 2.52. The van der Waals surface area contributed by atoms with E-state index in [-0.39, 0.29) is 5.41 Å². The van der Waals surface area contributed by atoms with Crippen LogP contribution in [0.5, 0.6) is 0 Å². The molecule has 0 atom stereocenters. The molecule has 3 aliphatic carbocycles. The summed E-state index contributed by atoms with van der Waals surface area (Å²) in [6.07, 6.45) is 0. The zero-order chi connectivity index (χ0) is 40.5. The average Bonchev–Trinajstić information content (AvgIpc) is 3.88. The van der Waals surface area contributed by atoms with Gasteiger partial charge in [0.15, 0.2) is 0 Å². The van der Waals surface area contributed by atoms with E-state index in [1.807, 2.05) is 0 Å². The fourth-order valence-corrected chi connectivity index (χ4v) is 11.6. The molecule has 13 rings (SSSR count). The molecule has 1 spiro atoms. The van der Waals surface area contributed by atoms with Crippen molar-refractivity contribution < 1.29 is 0 Å². The zero-order valence-electron chi connectivity index (χ0n) is 34.2. The molecule has 0 bridgehead atoms. The Morgan fingerprint density at radius 3 is 1.59 bits per heavy atom. The van der Waals surface area contributed by atoms with Gasteiger partial charge in [-0.05, 0) is 130 Å². The highest BCUT2D eigenvalue weighted by Gasteiger charge is 2.52. The lowest BCUT2D eigenvalue weighted by Gasteiger charge is -2.32. The summed E-state index contributed by atoms with van der Waals surface area (Å²) in [5.74, 6) is 0. The van der Waals surface area contributed by atoms with Crippen LogP contribution in [-0.2, 0) is 10.8 Å². The fourth-order valence-electron chi connectivity index (χ4n) is 11.6. The largest absolute Gasteiger partial charge is 0.310 e. The Morgan fingerprint density at radius 1 is 0.328 bits per heavy atom. The fraction of sp³-hybridized carbons (Fsp3) is 0.0667. The molecule has 0 aliphatic heterocycles. The van der Waals surface area contributed by atoms with E-state index >= 15 is 0 Å². The van der Waals surface area contributed by atoms with Crippen molar-refractivity contribution in [2.24, 2.45) is 0 Å². The van der Waals surface area contributed by atoms with E-state index in [9.17, 15) is 0 Å². The summed E-state index contributed by atoms with van der Waals surface area (Å²) in [6, 6.07) is 79.8. The van der Waals surface area contributed by atoms with E-state index in [4.69, 9.17) is 0 Å². The van der Waals surface area contributed by atoms with Crippen LogP contribution in [0.15, 0.2) is 212 Å². The van der Waals surface area contributed by atoms with Gasteiger partial charge in [0, 0.05) is 22.4 Å². The Bertz CT molecular complexity index is 3410. The SMILES string of the molecule is CC1(C)c2ccccc2-c2ccc(N(c3ccc(-c4ccc5c(ccc6ccccc65)c4)cc3)c3cccc4c3-c3ccccc3C43c4ccccc4-c4ccccc43)cc21. The summed E-state index contributed by atoms with van der Waals surface area (Å²) >= 11 is 0. The second-order valence-corrected chi connectivity index (χ2v) is 17.6. The molecule has 1 nitrogen and oxygen atoms in total. The number of rotatable bonds is 4. The monoisotopic (exact) mass is 775 g/mol. The van der Waals surface area contributed by atoms with Crippen LogP contribution in [0.2, 0.25) is 0 Å². The van der Waals surface area contributed by atoms with Crippen LogP contribution < -0.4 is 4.90 Å². The van der Waals surface area contributed by atoms with Gasteiger partial charge < -0.3 is 4.90 Å². The van der Waals surface area contributed by atoms with Crippen LogP contribution in [0.3, 0.4) is 0 Å². The van der Waals surface area contributed by atoms with Crippen molar-refractivity contribution >= 4 is 38.6 Å². The molecular weight excluding hydrogens is 735 g/mol. The molecule has 0 unspecified atom stereocenters. The molecule has 10 aromatic rings. The van der Waals surface area contributed by atoms with Gasteiger partial charge in [-0.15, -0.1) is 0 Å². The van der Waals surface area contributed by atoms with E-state index < -0.39 is 5.41 Å². The van der Waals surface area contributed by atoms with Gasteiger partial charge in [0.1, 0.15) is 0 Å². The van der Waals surface area contributed by atoms with Crippen LogP contribution in [0.25, 0.3) is 66.1 Å². The number of anilines is 3. The van der Waals surface area contributed by atoms with Crippen LogP contribution in [0, 0.1) is 0 Å². The minimum absolute atomic E-state index is 0.133. The summed E-state index contributed by atoms with van der Waals surface area (Å²) in [6.45, 7) is 4.75. The van der Waals surface area contributed by atoms with Crippen molar-refractivity contribution in [3.8, 4) is 44.5 Å². The van der Waals surface area contributed by atoms with E-state index in [0.717, 1.165) is 11.4 Å². The molecule has 0 amide bonds. The van der Waals surface area contributed by atoms with Gasteiger partial charge in [-0.25, -0.2) is 0 Å². The summed E-state index contributed by atoms with van der Waals surface area (Å²) in [7, 11) is 0. The lowest BCUT2D eigenvalue weighted by Crippen LogP contribution is -2.26. The van der Waals surface area contributed by atoms with E-state index in [1.54, 1.807) is 0 Å². The number of hydrogen-bond donors (Lipinski definition) is 0. The topological polar surface area (TPSA) is 3.24 Å². The van der Waals surface area contributed by atoms with E-state index in [0.29, 0.717) is 0 Å². The van der Waals surface area contributed by atoms with E-state index in [2.05, 4.69) is 231 Å². The van der Waals surface area contributed by atoms with Gasteiger partial charge >= 0.3 is 0 Å². The molecule has 286 valence electrons. The summed E-state index contributed by atoms with van der Waals surface area (Å²) in [5.41, 5.74) is 21.4. The van der Waals surface area contributed by atoms with Gasteiger partial charge in [0.05, 0.1) is 11.1 Å². The number of nitrogens with zero attached hydrogens (tertiary/aromatic N) is 1. The standard InChI is InChI=1S/C60H41N/c1-59(2)51-20-9-5-16-46(51)49-35-33-43(37-56(49)59)61(42-31-28-38(29-32-42)40-30-34-45-41(36-40)27-26-39-14-3-4-15-44(39)45)57-25-13-24-55-58(57)50-19-8-12-23-54(50)60(55)52-21-10-6-17-47(52)48-18-7-11-22-53(48)60/h3-37H,1-2H3. The normalized spacial score (nSPS) is 14.3. The third-order valence-electron chi connectivity index (χ3n) is 14.3. The van der Waals surface area contributed by atoms with Gasteiger partial charge in [-0.2, -0.15) is 0 Å². The van der Waals surface area contributed by atoms with Gasteiger partial charge in [0.2, 0.25) is 0 Å². The van der Waals surface area contributed by atoms with Gasteiger partial charge in [0.25, 0.3) is 0 Å². The molecule has 61 heavy (non-hydrogen) atoms.